The maximum atomic E-state index is 12.7. The molecule has 15 N–H and O–H groups in total. The van der Waals surface area contributed by atoms with E-state index in [9.17, 15) is 61.9 Å². The van der Waals surface area contributed by atoms with Gasteiger partial charge in [0.1, 0.15) is 0 Å². The van der Waals surface area contributed by atoms with E-state index in [-0.39, 0.29) is 76.8 Å². The topological polar surface area (TPSA) is 403 Å². The highest BCUT2D eigenvalue weighted by molar-refractivity contribution is 7.85. The molecule has 0 spiro atoms. The second-order valence-corrected chi connectivity index (χ2v) is 21.5. The predicted molar refractivity (Wildman–Crippen MR) is 289 cm³/mol. The minimum Gasteiger partial charge on any atom is -0.481 e. The van der Waals surface area contributed by atoms with Crippen molar-refractivity contribution in [1.82, 2.24) is 42.6 Å². The molecule has 3 unspecified atom stereocenters. The van der Waals surface area contributed by atoms with Gasteiger partial charge in [0.15, 0.2) is 11.4 Å². The summed E-state index contributed by atoms with van der Waals surface area (Å²) in [5.41, 5.74) is 4.44. The molecule has 0 fully saturated rings. The largest absolute Gasteiger partial charge is 0.481 e. The lowest BCUT2D eigenvalue weighted by Gasteiger charge is -2.57. The molecule has 0 radical (unpaired) electrons. The highest BCUT2D eigenvalue weighted by Crippen LogP contribution is 2.33. The summed E-state index contributed by atoms with van der Waals surface area (Å²) in [4.78, 5) is 81.6. The summed E-state index contributed by atoms with van der Waals surface area (Å²) in [7, 11) is -4.12. The van der Waals surface area contributed by atoms with Crippen LogP contribution < -0.4 is 37.4 Å². The number of aliphatic carboxylic acids is 7. The first-order chi connectivity index (χ1) is 36.6. The number of hydrogen-bond acceptors (Lipinski definition) is 17. The first kappa shape index (κ1) is 72.9. The van der Waals surface area contributed by atoms with Gasteiger partial charge in [-0.05, 0) is 103 Å². The van der Waals surface area contributed by atoms with Gasteiger partial charge in [-0.1, -0.05) is 96.8 Å². The molecule has 0 saturated heterocycles. The van der Waals surface area contributed by atoms with Gasteiger partial charge < -0.3 is 41.1 Å². The Balaban J connectivity index is 6.73. The molecule has 0 amide bonds. The number of carboxylic acid groups (broad SMARTS) is 7. The average Bonchev–Trinajstić information content (AvgIpc) is 3.34. The summed E-state index contributed by atoms with van der Waals surface area (Å²) < 4.78 is 32.0. The molecule has 450 valence electrons. The van der Waals surface area contributed by atoms with Crippen LogP contribution in [-0.2, 0) is 43.7 Å². The standard InChI is InChI=1S/C51H98N8O17S/c1-2-49(52-34-21-14-15-25-40-77(74,75)76,32-19-10-5-3-6-11-20-33-50(48(72)73,54-36-26-30-45(66)67)53-35-24-18-29-44(64)65)51(56-41-47(70)71,55-39-31-46(68)69)59(58-38-23-13-9-17-28-43(62)63)57-37-22-12-7-4-8-16-27-42(60)61/h52-58H,2-41H2,1H3,(H,60,61)(H,62,63)(H,64,65)(H,66,67)(H,68,69)(H,70,71)(H,72,73)(H,74,75,76). The van der Waals surface area contributed by atoms with Crippen LogP contribution in [0.1, 0.15) is 212 Å². The van der Waals surface area contributed by atoms with E-state index in [0.29, 0.717) is 122 Å². The van der Waals surface area contributed by atoms with Gasteiger partial charge >= 0.3 is 41.8 Å². The van der Waals surface area contributed by atoms with Crippen LogP contribution in [0.2, 0.25) is 0 Å². The fraction of sp³-hybridized carbons (Fsp3) is 0.863. The van der Waals surface area contributed by atoms with Gasteiger partial charge in [-0.2, -0.15) is 8.42 Å². The summed E-state index contributed by atoms with van der Waals surface area (Å²) in [6.45, 7) is 2.95. The number of nitrogens with one attached hydrogen (secondary N) is 7. The molecule has 0 aliphatic heterocycles. The minimum absolute atomic E-state index is 0.0448. The summed E-state index contributed by atoms with van der Waals surface area (Å²) in [6, 6.07) is 0. The molecule has 0 saturated carbocycles. The zero-order valence-corrected chi connectivity index (χ0v) is 46.7. The van der Waals surface area contributed by atoms with E-state index >= 15 is 0 Å². The zero-order valence-electron chi connectivity index (χ0n) is 45.9. The Bertz CT molecular complexity index is 1790. The van der Waals surface area contributed by atoms with Crippen molar-refractivity contribution in [2.75, 3.05) is 51.6 Å². The lowest BCUT2D eigenvalue weighted by Crippen LogP contribution is -2.86. The number of carbonyl (C=O) groups is 7. The van der Waals surface area contributed by atoms with Crippen molar-refractivity contribution in [2.45, 2.75) is 229 Å². The van der Waals surface area contributed by atoms with Gasteiger partial charge in [-0.15, -0.1) is 5.12 Å². The molecule has 0 aliphatic carbocycles. The van der Waals surface area contributed by atoms with Crippen LogP contribution in [0.25, 0.3) is 0 Å². The average molecular weight is 1130 g/mol. The molecule has 0 rings (SSSR count). The Labute approximate surface area is 456 Å². The molecule has 0 aromatic carbocycles. The lowest BCUT2D eigenvalue weighted by atomic mass is 9.80. The molecule has 3 atom stereocenters. The van der Waals surface area contributed by atoms with E-state index in [1.54, 1.807) is 5.12 Å². The number of hydrogen-bond donors (Lipinski definition) is 15. The smallest absolute Gasteiger partial charge is 0.338 e. The molecule has 77 heavy (non-hydrogen) atoms. The number of carboxylic acids is 7. The summed E-state index contributed by atoms with van der Waals surface area (Å²) in [6.07, 6.45) is 15.8. The SMILES string of the molecule is CCC(CCCCCCCCCC(NCCCCC(=O)O)(NCCCC(=O)O)C(=O)O)(NCCCCCCS(=O)(=O)O)C(NCCC(=O)O)(NCC(=O)O)N(NCCCCCCCCC(=O)O)NCCCCCCC(=O)O. The molecule has 0 heterocycles. The van der Waals surface area contributed by atoms with E-state index in [0.717, 1.165) is 51.4 Å². The van der Waals surface area contributed by atoms with E-state index in [1.807, 2.05) is 6.92 Å². The van der Waals surface area contributed by atoms with Crippen LogP contribution in [0.3, 0.4) is 0 Å². The van der Waals surface area contributed by atoms with Crippen LogP contribution >= 0.6 is 0 Å². The first-order valence-electron chi connectivity index (χ1n) is 28.1. The number of hydrazine groups is 2. The highest BCUT2D eigenvalue weighted by Gasteiger charge is 2.54. The predicted octanol–water partition coefficient (Wildman–Crippen LogP) is 5.32. The van der Waals surface area contributed by atoms with Gasteiger partial charge in [-0.3, -0.25) is 54.6 Å². The van der Waals surface area contributed by atoms with Crippen molar-refractivity contribution in [2.24, 2.45) is 0 Å². The van der Waals surface area contributed by atoms with E-state index in [1.165, 1.54) is 0 Å². The zero-order chi connectivity index (χ0) is 57.9. The summed E-state index contributed by atoms with van der Waals surface area (Å²) in [5.74, 6) is -8.92. The monoisotopic (exact) mass is 1130 g/mol. The van der Waals surface area contributed by atoms with Crippen LogP contribution in [0, 0.1) is 0 Å². The van der Waals surface area contributed by atoms with Crippen molar-refractivity contribution in [3.05, 3.63) is 0 Å². The Morgan fingerprint density at radius 3 is 1.22 bits per heavy atom. The van der Waals surface area contributed by atoms with Gasteiger partial charge in [0.2, 0.25) is 0 Å². The molecule has 0 bridgehead atoms. The quantitative estimate of drug-likeness (QED) is 0.0159. The van der Waals surface area contributed by atoms with Crippen molar-refractivity contribution < 1.29 is 82.3 Å². The second kappa shape index (κ2) is 43.7. The number of nitrogens with zero attached hydrogens (tertiary/aromatic N) is 1. The summed E-state index contributed by atoms with van der Waals surface area (Å²) >= 11 is 0. The molecule has 0 aliphatic rings. The van der Waals surface area contributed by atoms with Crippen molar-refractivity contribution in [3.63, 3.8) is 0 Å². The third-order valence-electron chi connectivity index (χ3n) is 13.6. The third-order valence-corrected chi connectivity index (χ3v) is 14.4. The first-order valence-corrected chi connectivity index (χ1v) is 29.7. The molecule has 0 aromatic heterocycles. The van der Waals surface area contributed by atoms with Crippen LogP contribution in [0.15, 0.2) is 0 Å². The number of unbranched alkanes of at least 4 members (excludes halogenated alkanes) is 18. The van der Waals surface area contributed by atoms with Crippen LogP contribution in [-0.4, -0.2) is 164 Å². The van der Waals surface area contributed by atoms with Crippen molar-refractivity contribution in [3.8, 4) is 0 Å². The Morgan fingerprint density at radius 1 is 0.390 bits per heavy atom. The maximum absolute atomic E-state index is 12.7. The summed E-state index contributed by atoms with van der Waals surface area (Å²) in [5, 5.41) is 85.1. The second-order valence-electron chi connectivity index (χ2n) is 20.0. The van der Waals surface area contributed by atoms with Crippen molar-refractivity contribution >= 4 is 51.9 Å². The molecular weight excluding hydrogens is 1030 g/mol. The van der Waals surface area contributed by atoms with E-state index in [4.69, 9.17) is 20.4 Å². The van der Waals surface area contributed by atoms with Gasteiger partial charge in [0.05, 0.1) is 24.3 Å². The fourth-order valence-electron chi connectivity index (χ4n) is 9.35. The lowest BCUT2D eigenvalue weighted by molar-refractivity contribution is -0.148. The Morgan fingerprint density at radius 2 is 0.766 bits per heavy atom. The minimum atomic E-state index is -4.12. The van der Waals surface area contributed by atoms with Gasteiger partial charge in [-0.25, -0.2) is 15.6 Å². The van der Waals surface area contributed by atoms with Crippen LogP contribution in [0.4, 0.5) is 0 Å². The Kier molecular flexibility index (Phi) is 41.4. The molecule has 26 heteroatoms. The molecule has 25 nitrogen and oxygen atoms in total. The van der Waals surface area contributed by atoms with Gasteiger partial charge in [0, 0.05) is 45.3 Å². The van der Waals surface area contributed by atoms with Crippen molar-refractivity contribution in [1.29, 1.82) is 0 Å². The number of rotatable bonds is 58. The third kappa shape index (κ3) is 36.6. The fourth-order valence-corrected chi connectivity index (χ4v) is 9.92. The van der Waals surface area contributed by atoms with Gasteiger partial charge in [0.25, 0.3) is 10.1 Å². The highest BCUT2D eigenvalue weighted by atomic mass is 32.2. The normalized spacial score (nSPS) is 14.2. The van der Waals surface area contributed by atoms with E-state index in [2.05, 4.69) is 37.4 Å². The Hall–Kier alpha value is -4.12. The van der Waals surface area contributed by atoms with Crippen LogP contribution in [0.5, 0.6) is 0 Å². The molecule has 0 aromatic rings. The van der Waals surface area contributed by atoms with E-state index < -0.39 is 75.4 Å². The molecular formula is C51H98N8O17S. The maximum Gasteiger partial charge on any atom is 0.338 e.